The number of aromatic nitrogens is 1. The number of hydroxylamine groups is 1. The number of hydrogen-bond acceptors (Lipinski definition) is 5. The van der Waals surface area contributed by atoms with Crippen LogP contribution in [0.15, 0.2) is 48.7 Å². The fourth-order valence-corrected chi connectivity index (χ4v) is 2.93. The molecular weight excluding hydrogens is 332 g/mol. The van der Waals surface area contributed by atoms with Gasteiger partial charge >= 0.3 is 5.97 Å². The van der Waals surface area contributed by atoms with Gasteiger partial charge in [0.2, 0.25) is 0 Å². The number of carbonyl (C=O) groups is 2. The van der Waals surface area contributed by atoms with Gasteiger partial charge in [-0.25, -0.2) is 4.79 Å². The highest BCUT2D eigenvalue weighted by molar-refractivity contribution is 5.94. The summed E-state index contributed by atoms with van der Waals surface area (Å²) >= 11 is 0. The van der Waals surface area contributed by atoms with Gasteiger partial charge in [0.05, 0.1) is 23.3 Å². The zero-order valence-electron chi connectivity index (χ0n) is 14.7. The molecule has 1 aromatic carbocycles. The molecule has 6 heteroatoms. The molecule has 0 radical (unpaired) electrons. The summed E-state index contributed by atoms with van der Waals surface area (Å²) in [7, 11) is 0. The lowest BCUT2D eigenvalue weighted by molar-refractivity contribution is -0.159. The maximum Gasteiger partial charge on any atom is 0.335 e. The first-order valence-electron chi connectivity index (χ1n) is 8.81. The van der Waals surface area contributed by atoms with E-state index in [4.69, 9.17) is 9.57 Å². The molecular formula is C20H22N2O4. The summed E-state index contributed by atoms with van der Waals surface area (Å²) < 4.78 is 5.55. The second-order valence-corrected chi connectivity index (χ2v) is 6.27. The lowest BCUT2D eigenvalue weighted by atomic mass is 9.95. The number of nitrogens with zero attached hydrogens (tertiary/aromatic N) is 1. The molecule has 1 aliphatic heterocycles. The summed E-state index contributed by atoms with van der Waals surface area (Å²) in [6.45, 7) is 2.56. The Morgan fingerprint density at radius 2 is 2.04 bits per heavy atom. The van der Waals surface area contributed by atoms with E-state index < -0.39 is 11.9 Å². The third kappa shape index (κ3) is 4.46. The summed E-state index contributed by atoms with van der Waals surface area (Å²) in [5.74, 6) is -1.16. The summed E-state index contributed by atoms with van der Waals surface area (Å²) in [5.41, 5.74) is 4.29. The van der Waals surface area contributed by atoms with Crippen molar-refractivity contribution in [1.29, 1.82) is 0 Å². The van der Waals surface area contributed by atoms with E-state index >= 15 is 0 Å². The second-order valence-electron chi connectivity index (χ2n) is 6.27. The van der Waals surface area contributed by atoms with Crippen molar-refractivity contribution in [1.82, 2.24) is 10.5 Å². The van der Waals surface area contributed by atoms with Gasteiger partial charge in [-0.05, 0) is 31.4 Å². The molecule has 2 unspecified atom stereocenters. The van der Waals surface area contributed by atoms with Crippen LogP contribution in [0.1, 0.15) is 36.5 Å². The summed E-state index contributed by atoms with van der Waals surface area (Å²) in [5, 5.41) is 0. The highest BCUT2D eigenvalue weighted by atomic mass is 16.7. The van der Waals surface area contributed by atoms with E-state index in [-0.39, 0.29) is 12.0 Å². The average Bonchev–Trinajstić information content (AvgIpc) is 2.72. The van der Waals surface area contributed by atoms with E-state index in [0.29, 0.717) is 25.0 Å². The minimum absolute atomic E-state index is 0.0757. The van der Waals surface area contributed by atoms with Crippen molar-refractivity contribution in [2.45, 2.75) is 32.3 Å². The third-order valence-corrected chi connectivity index (χ3v) is 4.50. The van der Waals surface area contributed by atoms with E-state index in [2.05, 4.69) is 10.5 Å². The molecule has 2 aromatic rings. The molecule has 3 rings (SSSR count). The number of nitrogens with one attached hydrogen (secondary N) is 1. The van der Waals surface area contributed by atoms with Gasteiger partial charge in [0.1, 0.15) is 0 Å². The molecule has 0 saturated carbocycles. The van der Waals surface area contributed by atoms with Crippen molar-refractivity contribution in [2.24, 2.45) is 5.92 Å². The zero-order chi connectivity index (χ0) is 18.4. The molecule has 6 nitrogen and oxygen atoms in total. The van der Waals surface area contributed by atoms with E-state index in [1.165, 1.54) is 6.20 Å². The fourth-order valence-electron chi connectivity index (χ4n) is 2.93. The first kappa shape index (κ1) is 18.1. The van der Waals surface area contributed by atoms with Crippen LogP contribution in [-0.2, 0) is 14.4 Å². The molecule has 2 atom stereocenters. The van der Waals surface area contributed by atoms with E-state index in [1.807, 2.05) is 37.3 Å². The van der Waals surface area contributed by atoms with E-state index in [9.17, 15) is 9.59 Å². The minimum Gasteiger partial charge on any atom is -0.378 e. The minimum atomic E-state index is -0.496. The van der Waals surface area contributed by atoms with Crippen molar-refractivity contribution < 1.29 is 19.2 Å². The van der Waals surface area contributed by atoms with Crippen LogP contribution in [-0.4, -0.2) is 29.6 Å². The van der Waals surface area contributed by atoms with Gasteiger partial charge in [0.15, 0.2) is 0 Å². The van der Waals surface area contributed by atoms with Crippen LogP contribution in [0.2, 0.25) is 0 Å². The molecule has 1 N–H and O–H groups in total. The van der Waals surface area contributed by atoms with Gasteiger partial charge in [-0.15, -0.1) is 0 Å². The number of rotatable bonds is 4. The van der Waals surface area contributed by atoms with Gasteiger partial charge in [0.25, 0.3) is 5.91 Å². The van der Waals surface area contributed by atoms with Crippen molar-refractivity contribution in [3.05, 3.63) is 54.2 Å². The Morgan fingerprint density at radius 3 is 2.73 bits per heavy atom. The monoisotopic (exact) mass is 354 g/mol. The Kier molecular flexibility index (Phi) is 5.96. The molecule has 2 heterocycles. The Hall–Kier alpha value is -2.73. The van der Waals surface area contributed by atoms with Gasteiger partial charge < -0.3 is 9.57 Å². The first-order valence-corrected chi connectivity index (χ1v) is 8.81. The lowest BCUT2D eigenvalue weighted by Crippen LogP contribution is -2.35. The smallest absolute Gasteiger partial charge is 0.335 e. The van der Waals surface area contributed by atoms with Gasteiger partial charge in [-0.2, -0.15) is 5.48 Å². The third-order valence-electron chi connectivity index (χ3n) is 4.50. The molecule has 136 valence electrons. The van der Waals surface area contributed by atoms with Crippen LogP contribution in [0.5, 0.6) is 0 Å². The molecule has 1 aromatic heterocycles. The number of ether oxygens (including phenoxy) is 1. The maximum atomic E-state index is 12.1. The van der Waals surface area contributed by atoms with Crippen molar-refractivity contribution in [3.63, 3.8) is 0 Å². The maximum absolute atomic E-state index is 12.1. The zero-order valence-corrected chi connectivity index (χ0v) is 14.7. The highest BCUT2D eigenvalue weighted by Crippen LogP contribution is 2.23. The van der Waals surface area contributed by atoms with Gasteiger partial charge in [-0.1, -0.05) is 37.3 Å². The van der Waals surface area contributed by atoms with Crippen molar-refractivity contribution in [2.75, 3.05) is 6.61 Å². The highest BCUT2D eigenvalue weighted by Gasteiger charge is 2.29. The van der Waals surface area contributed by atoms with Crippen molar-refractivity contribution in [3.8, 4) is 11.3 Å². The molecule has 1 amide bonds. The quantitative estimate of drug-likeness (QED) is 0.854. The molecule has 0 bridgehead atoms. The second kappa shape index (κ2) is 8.58. The van der Waals surface area contributed by atoms with Crippen LogP contribution in [0, 0.1) is 5.92 Å². The number of benzene rings is 1. The molecule has 0 aliphatic carbocycles. The van der Waals surface area contributed by atoms with E-state index in [0.717, 1.165) is 17.7 Å². The predicted octanol–water partition coefficient (Wildman–Crippen LogP) is 3.14. The Balaban J connectivity index is 1.54. The van der Waals surface area contributed by atoms with Gasteiger partial charge in [-0.3, -0.25) is 9.78 Å². The Bertz CT molecular complexity index is 746. The largest absolute Gasteiger partial charge is 0.378 e. The van der Waals surface area contributed by atoms with Crippen LogP contribution in [0.4, 0.5) is 0 Å². The summed E-state index contributed by atoms with van der Waals surface area (Å²) in [6, 6.07) is 13.1. The molecule has 1 aliphatic rings. The van der Waals surface area contributed by atoms with Crippen LogP contribution >= 0.6 is 0 Å². The first-order chi connectivity index (χ1) is 12.7. The van der Waals surface area contributed by atoms with Crippen LogP contribution < -0.4 is 5.48 Å². The molecule has 1 saturated heterocycles. The average molecular weight is 354 g/mol. The van der Waals surface area contributed by atoms with Crippen molar-refractivity contribution >= 4 is 11.9 Å². The van der Waals surface area contributed by atoms with E-state index in [1.54, 1.807) is 12.1 Å². The van der Waals surface area contributed by atoms with Crippen LogP contribution in [0.25, 0.3) is 11.3 Å². The number of hydrogen-bond donors (Lipinski definition) is 1. The standard InChI is InChI=1S/C20H22N2O4/c1-2-17-12-15(10-11-25-17)20(24)26-22-19(23)16-8-9-18(21-13-16)14-6-4-3-5-7-14/h3-9,13,15,17H,2,10-12H2,1H3,(H,22,23). The molecule has 0 spiro atoms. The number of pyridine rings is 1. The topological polar surface area (TPSA) is 77.5 Å². The number of carbonyl (C=O) groups excluding carboxylic acids is 2. The normalized spacial score (nSPS) is 19.6. The molecule has 26 heavy (non-hydrogen) atoms. The predicted molar refractivity (Wildman–Crippen MR) is 96.0 cm³/mol. The fraction of sp³-hybridized carbons (Fsp3) is 0.350. The van der Waals surface area contributed by atoms with Crippen LogP contribution in [0.3, 0.4) is 0 Å². The van der Waals surface area contributed by atoms with Gasteiger partial charge in [0, 0.05) is 18.4 Å². The SMILES string of the molecule is CCC1CC(C(=O)ONC(=O)c2ccc(-c3ccccc3)nc2)CCO1. The number of amides is 1. The lowest BCUT2D eigenvalue weighted by Gasteiger charge is -2.27. The molecule has 1 fully saturated rings. The Morgan fingerprint density at radius 1 is 1.23 bits per heavy atom. The Labute approximate surface area is 152 Å². The summed E-state index contributed by atoms with van der Waals surface area (Å²) in [4.78, 5) is 33.5. The summed E-state index contributed by atoms with van der Waals surface area (Å²) in [6.07, 6.45) is 3.63.